The first-order valence-electron chi connectivity index (χ1n) is 5.27. The SMILES string of the molecule is NC(=O)[C@@H](O)CNC(=O)Nc1ccc([N+](=O)[O-])cc1Cl. The molecule has 10 heteroatoms. The van der Waals surface area contributed by atoms with Crippen LogP contribution in [-0.2, 0) is 4.79 Å². The number of nitro groups is 1. The topological polar surface area (TPSA) is 148 Å². The Hall–Kier alpha value is -2.39. The number of rotatable bonds is 5. The van der Waals surface area contributed by atoms with Gasteiger partial charge in [-0.05, 0) is 6.07 Å². The van der Waals surface area contributed by atoms with Gasteiger partial charge in [-0.2, -0.15) is 0 Å². The fraction of sp³-hybridized carbons (Fsp3) is 0.200. The van der Waals surface area contributed by atoms with Crippen LogP contribution in [0.4, 0.5) is 16.2 Å². The minimum Gasteiger partial charge on any atom is -0.381 e. The zero-order valence-corrected chi connectivity index (χ0v) is 10.8. The molecule has 0 spiro atoms. The number of aliphatic hydroxyl groups is 1. The summed E-state index contributed by atoms with van der Waals surface area (Å²) in [6.07, 6.45) is -1.51. The molecular formula is C10H11ClN4O5. The average molecular weight is 303 g/mol. The molecule has 1 aromatic carbocycles. The van der Waals surface area contributed by atoms with Crippen molar-refractivity contribution in [3.8, 4) is 0 Å². The predicted molar refractivity (Wildman–Crippen MR) is 70.3 cm³/mol. The number of nitrogens with one attached hydrogen (secondary N) is 2. The number of hydrogen-bond acceptors (Lipinski definition) is 5. The van der Waals surface area contributed by atoms with Crippen molar-refractivity contribution in [2.75, 3.05) is 11.9 Å². The molecule has 0 aliphatic heterocycles. The normalized spacial score (nSPS) is 11.5. The Kier molecular flexibility index (Phi) is 5.23. The Morgan fingerprint density at radius 1 is 1.50 bits per heavy atom. The van der Waals surface area contributed by atoms with Crippen molar-refractivity contribution in [1.29, 1.82) is 0 Å². The monoisotopic (exact) mass is 302 g/mol. The van der Waals surface area contributed by atoms with E-state index < -0.39 is 23.0 Å². The highest BCUT2D eigenvalue weighted by Crippen LogP contribution is 2.26. The van der Waals surface area contributed by atoms with E-state index in [1.807, 2.05) is 0 Å². The molecule has 1 aromatic rings. The van der Waals surface area contributed by atoms with Crippen LogP contribution < -0.4 is 16.4 Å². The van der Waals surface area contributed by atoms with Crippen LogP contribution in [0.15, 0.2) is 18.2 Å². The summed E-state index contributed by atoms with van der Waals surface area (Å²) in [6, 6.07) is 2.75. The molecule has 0 aromatic heterocycles. The first kappa shape index (κ1) is 15.7. The van der Waals surface area contributed by atoms with Crippen LogP contribution in [0, 0.1) is 10.1 Å². The maximum Gasteiger partial charge on any atom is 0.319 e. The number of benzene rings is 1. The van der Waals surface area contributed by atoms with E-state index in [2.05, 4.69) is 10.6 Å². The number of hydrogen-bond donors (Lipinski definition) is 4. The van der Waals surface area contributed by atoms with Crippen molar-refractivity contribution in [2.24, 2.45) is 5.73 Å². The molecule has 3 amide bonds. The fourth-order valence-electron chi connectivity index (χ4n) is 1.18. The summed E-state index contributed by atoms with van der Waals surface area (Å²) in [4.78, 5) is 31.9. The smallest absolute Gasteiger partial charge is 0.319 e. The summed E-state index contributed by atoms with van der Waals surface area (Å²) in [5, 5.41) is 24.0. The number of non-ortho nitro benzene ring substituents is 1. The Morgan fingerprint density at radius 3 is 2.65 bits per heavy atom. The number of primary amides is 1. The van der Waals surface area contributed by atoms with Crippen molar-refractivity contribution in [2.45, 2.75) is 6.10 Å². The summed E-state index contributed by atoms with van der Waals surface area (Å²) < 4.78 is 0. The van der Waals surface area contributed by atoms with Crippen LogP contribution >= 0.6 is 11.6 Å². The molecule has 0 saturated carbocycles. The number of amides is 3. The highest BCUT2D eigenvalue weighted by molar-refractivity contribution is 6.33. The van der Waals surface area contributed by atoms with Gasteiger partial charge in [-0.15, -0.1) is 0 Å². The molecule has 0 aliphatic rings. The molecule has 108 valence electrons. The molecule has 0 radical (unpaired) electrons. The van der Waals surface area contributed by atoms with Crippen LogP contribution in [0.5, 0.6) is 0 Å². The molecule has 0 fully saturated rings. The molecule has 0 unspecified atom stereocenters. The molecule has 0 saturated heterocycles. The second-order valence-electron chi connectivity index (χ2n) is 3.67. The summed E-state index contributed by atoms with van der Waals surface area (Å²) >= 11 is 5.76. The fourth-order valence-corrected chi connectivity index (χ4v) is 1.40. The number of carbonyl (C=O) groups is 2. The second kappa shape index (κ2) is 6.68. The summed E-state index contributed by atoms with van der Waals surface area (Å²) in [5.74, 6) is -0.973. The van der Waals surface area contributed by atoms with Gasteiger partial charge in [-0.3, -0.25) is 14.9 Å². The van der Waals surface area contributed by atoms with Gasteiger partial charge in [0.05, 0.1) is 22.2 Å². The van der Waals surface area contributed by atoms with E-state index in [1.165, 1.54) is 12.1 Å². The van der Waals surface area contributed by atoms with Gasteiger partial charge in [0.25, 0.3) is 5.69 Å². The highest BCUT2D eigenvalue weighted by atomic mass is 35.5. The van der Waals surface area contributed by atoms with Crippen LogP contribution in [-0.4, -0.2) is 34.6 Å². The van der Waals surface area contributed by atoms with Gasteiger partial charge in [-0.1, -0.05) is 11.6 Å². The van der Waals surface area contributed by atoms with E-state index in [4.69, 9.17) is 22.4 Å². The van der Waals surface area contributed by atoms with Crippen molar-refractivity contribution in [1.82, 2.24) is 5.32 Å². The lowest BCUT2D eigenvalue weighted by molar-refractivity contribution is -0.384. The predicted octanol–water partition coefficient (Wildman–Crippen LogP) is 0.216. The molecule has 20 heavy (non-hydrogen) atoms. The van der Waals surface area contributed by atoms with Crippen molar-refractivity contribution < 1.29 is 19.6 Å². The molecule has 5 N–H and O–H groups in total. The molecule has 1 rings (SSSR count). The summed E-state index contributed by atoms with van der Waals surface area (Å²) in [5.41, 5.74) is 4.72. The van der Waals surface area contributed by atoms with Gasteiger partial charge in [-0.25, -0.2) is 4.79 Å². The molecule has 0 bridgehead atoms. The van der Waals surface area contributed by atoms with E-state index in [9.17, 15) is 19.7 Å². The third-order valence-corrected chi connectivity index (χ3v) is 2.51. The third-order valence-electron chi connectivity index (χ3n) is 2.20. The van der Waals surface area contributed by atoms with Gasteiger partial charge in [0.15, 0.2) is 0 Å². The van der Waals surface area contributed by atoms with E-state index >= 15 is 0 Å². The first-order valence-corrected chi connectivity index (χ1v) is 5.65. The number of halogens is 1. The highest BCUT2D eigenvalue weighted by Gasteiger charge is 2.14. The lowest BCUT2D eigenvalue weighted by Crippen LogP contribution is -2.41. The zero-order valence-electron chi connectivity index (χ0n) is 10.00. The maximum absolute atomic E-state index is 11.4. The van der Waals surface area contributed by atoms with Crippen LogP contribution in [0.25, 0.3) is 0 Å². The molecule has 1 atom stereocenters. The van der Waals surface area contributed by atoms with Gasteiger partial charge in [0.2, 0.25) is 5.91 Å². The molecule has 0 aliphatic carbocycles. The quantitative estimate of drug-likeness (QED) is 0.453. The molecule has 9 nitrogen and oxygen atoms in total. The minimum absolute atomic E-state index is 0.0233. The van der Waals surface area contributed by atoms with E-state index in [0.717, 1.165) is 6.07 Å². The maximum atomic E-state index is 11.4. The van der Waals surface area contributed by atoms with Gasteiger partial charge in [0.1, 0.15) is 6.10 Å². The summed E-state index contributed by atoms with van der Waals surface area (Å²) in [6.45, 7) is -0.369. The number of urea groups is 1. The van der Waals surface area contributed by atoms with E-state index in [-0.39, 0.29) is 22.9 Å². The number of nitrogens with two attached hydrogens (primary N) is 1. The van der Waals surface area contributed by atoms with Crippen LogP contribution in [0.2, 0.25) is 5.02 Å². The Morgan fingerprint density at radius 2 is 2.15 bits per heavy atom. The lowest BCUT2D eigenvalue weighted by Gasteiger charge is -2.10. The largest absolute Gasteiger partial charge is 0.381 e. The Labute approximate surface area is 117 Å². The number of anilines is 1. The first-order chi connectivity index (χ1) is 9.31. The standard InChI is InChI=1S/C10H11ClN4O5/c11-6-3-5(15(19)20)1-2-7(6)14-10(18)13-4-8(16)9(12)17/h1-3,8,16H,4H2,(H2,12,17)(H2,13,14,18)/t8-/m0/s1. The number of nitro benzene ring substituents is 1. The Bertz CT molecular complexity index is 550. The number of carbonyl (C=O) groups excluding carboxylic acids is 2. The van der Waals surface area contributed by atoms with Gasteiger partial charge >= 0.3 is 6.03 Å². The van der Waals surface area contributed by atoms with E-state index in [0.29, 0.717) is 0 Å². The van der Waals surface area contributed by atoms with Gasteiger partial charge in [0, 0.05) is 12.1 Å². The molecular weight excluding hydrogens is 292 g/mol. The zero-order chi connectivity index (χ0) is 15.3. The van der Waals surface area contributed by atoms with Gasteiger partial charge < -0.3 is 21.5 Å². The third kappa shape index (κ3) is 4.37. The van der Waals surface area contributed by atoms with Crippen molar-refractivity contribution in [3.63, 3.8) is 0 Å². The second-order valence-corrected chi connectivity index (χ2v) is 4.08. The molecule has 0 heterocycles. The number of aliphatic hydroxyl groups excluding tert-OH is 1. The minimum atomic E-state index is -1.51. The van der Waals surface area contributed by atoms with E-state index in [1.54, 1.807) is 0 Å². The Balaban J connectivity index is 2.62. The van der Waals surface area contributed by atoms with Crippen molar-refractivity contribution >= 4 is 34.9 Å². The lowest BCUT2D eigenvalue weighted by atomic mass is 10.3. The number of nitrogens with zero attached hydrogens (tertiary/aromatic N) is 1. The van der Waals surface area contributed by atoms with Crippen LogP contribution in [0.1, 0.15) is 0 Å². The van der Waals surface area contributed by atoms with Crippen molar-refractivity contribution in [3.05, 3.63) is 33.3 Å². The average Bonchev–Trinajstić information content (AvgIpc) is 2.37. The summed E-state index contributed by atoms with van der Waals surface area (Å²) in [7, 11) is 0. The van der Waals surface area contributed by atoms with Crippen LogP contribution in [0.3, 0.4) is 0 Å².